The number of aromatic nitrogens is 2. The van der Waals surface area contributed by atoms with Crippen molar-refractivity contribution in [2.24, 2.45) is 0 Å². The van der Waals surface area contributed by atoms with Crippen LogP contribution in [0, 0.1) is 0 Å². The molecule has 0 saturated carbocycles. The van der Waals surface area contributed by atoms with E-state index < -0.39 is 8.07 Å². The number of carbonyl (C=O) groups excluding carboxylic acids is 1. The Morgan fingerprint density at radius 2 is 2.08 bits per heavy atom. The van der Waals surface area contributed by atoms with Crippen LogP contribution in [0.3, 0.4) is 0 Å². The molecule has 0 aliphatic heterocycles. The molecule has 1 aromatic carbocycles. The number of fused-ring (bicyclic) bond motifs is 1. The van der Waals surface area contributed by atoms with E-state index in [1.165, 1.54) is 6.08 Å². The number of halogens is 1. The maximum atomic E-state index is 11.8. The molecule has 0 unspecified atom stereocenters. The first-order valence-corrected chi connectivity index (χ1v) is 13.3. The Morgan fingerprint density at radius 3 is 2.73 bits per heavy atom. The molecule has 142 valence electrons. The van der Waals surface area contributed by atoms with Crippen molar-refractivity contribution >= 4 is 46.4 Å². The predicted octanol–water partition coefficient (Wildman–Crippen LogP) is 5.08. The average molecular weight is 439 g/mol. The van der Waals surface area contributed by atoms with Crippen LogP contribution >= 0.6 is 15.9 Å². The molecule has 1 aromatic heterocycles. The topological polar surface area (TPSA) is 53.3 Å². The zero-order valence-corrected chi connectivity index (χ0v) is 18.7. The van der Waals surface area contributed by atoms with Gasteiger partial charge in [-0.2, -0.15) is 5.10 Å². The van der Waals surface area contributed by atoms with Crippen LogP contribution in [0.2, 0.25) is 25.7 Å². The molecule has 5 nitrogen and oxygen atoms in total. The molecule has 0 aliphatic carbocycles. The van der Waals surface area contributed by atoms with E-state index in [4.69, 9.17) is 9.47 Å². The molecule has 7 heteroatoms. The van der Waals surface area contributed by atoms with Crippen LogP contribution in [0.4, 0.5) is 0 Å². The van der Waals surface area contributed by atoms with Crippen molar-refractivity contribution in [2.75, 3.05) is 13.2 Å². The molecule has 26 heavy (non-hydrogen) atoms. The van der Waals surface area contributed by atoms with Crippen molar-refractivity contribution in [1.82, 2.24) is 9.78 Å². The van der Waals surface area contributed by atoms with E-state index >= 15 is 0 Å². The van der Waals surface area contributed by atoms with Crippen molar-refractivity contribution in [3.05, 3.63) is 34.4 Å². The van der Waals surface area contributed by atoms with Crippen LogP contribution < -0.4 is 0 Å². The van der Waals surface area contributed by atoms with Crippen LogP contribution in [0.15, 0.2) is 28.7 Å². The highest BCUT2D eigenvalue weighted by molar-refractivity contribution is 9.10. The molecule has 0 saturated heterocycles. The highest BCUT2D eigenvalue weighted by Crippen LogP contribution is 2.27. The Labute approximate surface area is 164 Å². The van der Waals surface area contributed by atoms with Crippen molar-refractivity contribution in [3.8, 4) is 0 Å². The second-order valence-corrected chi connectivity index (χ2v) is 14.0. The number of ether oxygens (including phenoxy) is 2. The number of nitrogens with zero attached hydrogens (tertiary/aromatic N) is 2. The van der Waals surface area contributed by atoms with Gasteiger partial charge in [0.1, 0.15) is 6.73 Å². The van der Waals surface area contributed by atoms with Gasteiger partial charge in [-0.05, 0) is 43.7 Å². The Kier molecular flexibility index (Phi) is 7.20. The highest BCUT2D eigenvalue weighted by atomic mass is 79.9. The van der Waals surface area contributed by atoms with E-state index in [1.54, 1.807) is 6.92 Å². The van der Waals surface area contributed by atoms with Gasteiger partial charge in [0.25, 0.3) is 0 Å². The van der Waals surface area contributed by atoms with Crippen LogP contribution in [0.25, 0.3) is 16.5 Å². The second kappa shape index (κ2) is 8.97. The minimum absolute atomic E-state index is 0.353. The summed E-state index contributed by atoms with van der Waals surface area (Å²) in [6.07, 6.45) is 1.49. The number of esters is 1. The van der Waals surface area contributed by atoms with E-state index in [9.17, 15) is 4.79 Å². The normalized spacial score (nSPS) is 12.6. The summed E-state index contributed by atoms with van der Waals surface area (Å²) in [5.41, 5.74) is 2.52. The smallest absolute Gasteiger partial charge is 0.331 e. The third kappa shape index (κ3) is 5.79. The number of hydrogen-bond donors (Lipinski definition) is 0. The van der Waals surface area contributed by atoms with E-state index in [1.807, 2.05) is 29.8 Å². The van der Waals surface area contributed by atoms with Gasteiger partial charge in [0.2, 0.25) is 0 Å². The molecule has 0 radical (unpaired) electrons. The summed E-state index contributed by atoms with van der Waals surface area (Å²) < 4.78 is 13.7. The van der Waals surface area contributed by atoms with E-state index in [2.05, 4.69) is 40.7 Å². The fraction of sp³-hybridized carbons (Fsp3) is 0.474. The molecule has 0 spiro atoms. The molecule has 0 fully saturated rings. The summed E-state index contributed by atoms with van der Waals surface area (Å²) in [6.45, 7) is 12.1. The summed E-state index contributed by atoms with van der Waals surface area (Å²) in [5, 5.41) is 5.66. The van der Waals surface area contributed by atoms with Gasteiger partial charge in [-0.25, -0.2) is 9.48 Å². The minimum Gasteiger partial charge on any atom is -0.463 e. The lowest BCUT2D eigenvalue weighted by Crippen LogP contribution is -2.22. The number of hydrogen-bond acceptors (Lipinski definition) is 4. The second-order valence-electron chi connectivity index (χ2n) is 7.44. The summed E-state index contributed by atoms with van der Waals surface area (Å²) in [4.78, 5) is 11.8. The fourth-order valence-electron chi connectivity index (χ4n) is 2.50. The first kappa shape index (κ1) is 20.9. The Bertz CT molecular complexity index is 809. The lowest BCUT2D eigenvalue weighted by Gasteiger charge is -2.15. The van der Waals surface area contributed by atoms with Crippen molar-refractivity contribution in [2.45, 2.75) is 46.3 Å². The van der Waals surface area contributed by atoms with Gasteiger partial charge in [-0.15, -0.1) is 0 Å². The van der Waals surface area contributed by atoms with Crippen LogP contribution in [-0.4, -0.2) is 37.0 Å². The highest BCUT2D eigenvalue weighted by Gasteiger charge is 2.15. The largest absolute Gasteiger partial charge is 0.463 e. The lowest BCUT2D eigenvalue weighted by atomic mass is 10.1. The monoisotopic (exact) mass is 438 g/mol. The summed E-state index contributed by atoms with van der Waals surface area (Å²) in [5.74, 6) is -0.353. The van der Waals surface area contributed by atoms with E-state index in [-0.39, 0.29) is 5.97 Å². The summed E-state index contributed by atoms with van der Waals surface area (Å²) in [7, 11) is -1.12. The fourth-order valence-corrected chi connectivity index (χ4v) is 3.62. The lowest BCUT2D eigenvalue weighted by molar-refractivity contribution is -0.137. The Hall–Kier alpha value is -1.44. The number of benzene rings is 1. The molecule has 2 aromatic rings. The molecular formula is C19H27BrN2O3Si. The third-order valence-electron chi connectivity index (χ3n) is 3.92. The van der Waals surface area contributed by atoms with Crippen molar-refractivity contribution in [3.63, 3.8) is 0 Å². The van der Waals surface area contributed by atoms with Crippen molar-refractivity contribution < 1.29 is 14.3 Å². The van der Waals surface area contributed by atoms with E-state index in [0.717, 1.165) is 39.3 Å². The quantitative estimate of drug-likeness (QED) is 0.249. The molecule has 0 aliphatic rings. The molecule has 0 bridgehead atoms. The summed E-state index contributed by atoms with van der Waals surface area (Å²) >= 11 is 3.51. The molecule has 2 rings (SSSR count). The van der Waals surface area contributed by atoms with Gasteiger partial charge in [0.05, 0.1) is 17.8 Å². The van der Waals surface area contributed by atoms with Gasteiger partial charge in [0, 0.05) is 30.6 Å². The molecule has 0 N–H and O–H groups in total. The predicted molar refractivity (Wildman–Crippen MR) is 112 cm³/mol. The molecular weight excluding hydrogens is 412 g/mol. The van der Waals surface area contributed by atoms with Crippen LogP contribution in [0.5, 0.6) is 0 Å². The Morgan fingerprint density at radius 1 is 1.35 bits per heavy atom. The minimum atomic E-state index is -1.12. The third-order valence-corrected chi connectivity index (χ3v) is 6.11. The SMILES string of the molecule is CCOC(=O)/C=C(\C)c1nn(COCC[Si](C)(C)C)c2ccc(Br)cc12. The van der Waals surface area contributed by atoms with Gasteiger partial charge in [0.15, 0.2) is 0 Å². The number of rotatable bonds is 8. The van der Waals surface area contributed by atoms with Gasteiger partial charge >= 0.3 is 5.97 Å². The Balaban J connectivity index is 2.27. The first-order valence-electron chi connectivity index (χ1n) is 8.80. The zero-order chi connectivity index (χ0) is 19.3. The van der Waals surface area contributed by atoms with Crippen LogP contribution in [-0.2, 0) is 21.0 Å². The molecule has 0 atom stereocenters. The molecule has 0 amide bonds. The number of allylic oxidation sites excluding steroid dienone is 1. The van der Waals surface area contributed by atoms with Gasteiger partial charge in [-0.1, -0.05) is 35.6 Å². The number of carbonyl (C=O) groups is 1. The standard InChI is InChI=1S/C19H27BrN2O3Si/c1-6-25-18(23)11-14(2)19-16-12-15(20)7-8-17(16)22(21-19)13-24-9-10-26(3,4)5/h7-8,11-12H,6,9-10,13H2,1-5H3/b14-11+. The average Bonchev–Trinajstić information content (AvgIpc) is 2.88. The van der Waals surface area contributed by atoms with Gasteiger partial charge < -0.3 is 9.47 Å². The summed E-state index contributed by atoms with van der Waals surface area (Å²) in [6, 6.07) is 7.12. The van der Waals surface area contributed by atoms with E-state index in [0.29, 0.717) is 13.3 Å². The molecule has 1 heterocycles. The first-order chi connectivity index (χ1) is 12.2. The maximum absolute atomic E-state index is 11.8. The van der Waals surface area contributed by atoms with Crippen molar-refractivity contribution in [1.29, 1.82) is 0 Å². The maximum Gasteiger partial charge on any atom is 0.331 e. The van der Waals surface area contributed by atoms with Gasteiger partial charge in [-0.3, -0.25) is 0 Å². The zero-order valence-electron chi connectivity index (χ0n) is 16.1. The van der Waals surface area contributed by atoms with Crippen LogP contribution in [0.1, 0.15) is 19.5 Å².